The van der Waals surface area contributed by atoms with Crippen LogP contribution in [0, 0.1) is 6.92 Å². The van der Waals surface area contributed by atoms with Crippen LogP contribution in [-0.2, 0) is 11.3 Å². The van der Waals surface area contributed by atoms with E-state index in [9.17, 15) is 9.59 Å². The molecule has 0 aliphatic carbocycles. The van der Waals surface area contributed by atoms with Crippen molar-refractivity contribution in [3.8, 4) is 5.75 Å². The number of rotatable bonds is 7. The Kier molecular flexibility index (Phi) is 6.31. The number of hydrogen-bond donors (Lipinski definition) is 1. The number of anilines is 1. The lowest BCUT2D eigenvalue weighted by atomic mass is 10.1. The molecule has 0 unspecified atom stereocenters. The van der Waals surface area contributed by atoms with Gasteiger partial charge in [0, 0.05) is 23.4 Å². The van der Waals surface area contributed by atoms with E-state index in [4.69, 9.17) is 4.74 Å². The third-order valence-corrected chi connectivity index (χ3v) is 3.86. The average molecular weight is 340 g/mol. The smallest absolute Gasteiger partial charge is 0.238 e. The van der Waals surface area contributed by atoms with Gasteiger partial charge in [0.05, 0.1) is 13.7 Å². The summed E-state index contributed by atoms with van der Waals surface area (Å²) in [4.78, 5) is 25.4. The molecule has 5 nitrogen and oxygen atoms in total. The standard InChI is InChI=1S/C20H24N2O3/c1-14-5-10-19(25-4)17(11-14)12-22(3)13-20(24)21-18-8-6-16(7-9-18)15(2)23/h5-11H,12-13H2,1-4H3,(H,21,24). The largest absolute Gasteiger partial charge is 0.496 e. The molecule has 1 N–H and O–H groups in total. The Morgan fingerprint density at radius 2 is 1.80 bits per heavy atom. The zero-order valence-corrected chi connectivity index (χ0v) is 15.1. The Hall–Kier alpha value is -2.66. The molecule has 0 aromatic heterocycles. The van der Waals surface area contributed by atoms with Gasteiger partial charge in [-0.15, -0.1) is 0 Å². The second kappa shape index (κ2) is 8.44. The Morgan fingerprint density at radius 3 is 2.40 bits per heavy atom. The van der Waals surface area contributed by atoms with Crippen LogP contribution in [0.25, 0.3) is 0 Å². The first-order valence-electron chi connectivity index (χ1n) is 8.12. The quantitative estimate of drug-likeness (QED) is 0.786. The van der Waals surface area contributed by atoms with Crippen LogP contribution < -0.4 is 10.1 Å². The van der Waals surface area contributed by atoms with Gasteiger partial charge in [0.25, 0.3) is 0 Å². The van der Waals surface area contributed by atoms with Crippen molar-refractivity contribution >= 4 is 17.4 Å². The van der Waals surface area contributed by atoms with Gasteiger partial charge in [-0.2, -0.15) is 0 Å². The minimum Gasteiger partial charge on any atom is -0.496 e. The minimum atomic E-state index is -0.107. The number of Topliss-reactive ketones (excluding diaryl/α,β-unsaturated/α-hetero) is 1. The van der Waals surface area contributed by atoms with E-state index >= 15 is 0 Å². The van der Waals surface area contributed by atoms with Gasteiger partial charge in [-0.3, -0.25) is 14.5 Å². The Balaban J connectivity index is 1.94. The Bertz CT molecular complexity index is 754. The van der Waals surface area contributed by atoms with E-state index in [0.29, 0.717) is 17.8 Å². The zero-order chi connectivity index (χ0) is 18.4. The van der Waals surface area contributed by atoms with Gasteiger partial charge in [-0.05, 0) is 51.2 Å². The molecule has 0 radical (unpaired) electrons. The maximum absolute atomic E-state index is 12.2. The zero-order valence-electron chi connectivity index (χ0n) is 15.1. The van der Waals surface area contributed by atoms with Crippen LogP contribution in [0.4, 0.5) is 5.69 Å². The van der Waals surface area contributed by atoms with E-state index < -0.39 is 0 Å². The highest BCUT2D eigenvalue weighted by Crippen LogP contribution is 2.21. The normalized spacial score (nSPS) is 10.6. The Morgan fingerprint density at radius 1 is 1.12 bits per heavy atom. The summed E-state index contributed by atoms with van der Waals surface area (Å²) in [7, 11) is 3.53. The van der Waals surface area contributed by atoms with Crippen molar-refractivity contribution in [2.24, 2.45) is 0 Å². The topological polar surface area (TPSA) is 58.6 Å². The molecular formula is C20H24N2O3. The highest BCUT2D eigenvalue weighted by molar-refractivity contribution is 5.96. The highest BCUT2D eigenvalue weighted by atomic mass is 16.5. The predicted octanol–water partition coefficient (Wildman–Crippen LogP) is 3.28. The van der Waals surface area contributed by atoms with Crippen molar-refractivity contribution in [3.05, 3.63) is 59.2 Å². The number of nitrogens with zero attached hydrogens (tertiary/aromatic N) is 1. The number of ether oxygens (including phenoxy) is 1. The lowest BCUT2D eigenvalue weighted by Gasteiger charge is -2.18. The third kappa shape index (κ3) is 5.43. The number of carbonyl (C=O) groups is 2. The van der Waals surface area contributed by atoms with E-state index in [0.717, 1.165) is 16.9 Å². The van der Waals surface area contributed by atoms with E-state index in [1.807, 2.05) is 31.0 Å². The first kappa shape index (κ1) is 18.7. The molecule has 2 aromatic rings. The molecule has 2 rings (SSSR count). The predicted molar refractivity (Wildman–Crippen MR) is 99.1 cm³/mol. The van der Waals surface area contributed by atoms with E-state index in [1.165, 1.54) is 6.92 Å². The number of benzene rings is 2. The molecule has 0 saturated heterocycles. The fourth-order valence-corrected chi connectivity index (χ4v) is 2.61. The molecule has 0 aliphatic heterocycles. The van der Waals surface area contributed by atoms with Crippen LogP contribution in [0.15, 0.2) is 42.5 Å². The van der Waals surface area contributed by atoms with E-state index in [1.54, 1.807) is 31.4 Å². The van der Waals surface area contributed by atoms with Crippen molar-refractivity contribution in [2.75, 3.05) is 26.0 Å². The van der Waals surface area contributed by atoms with Gasteiger partial charge >= 0.3 is 0 Å². The number of methoxy groups -OCH3 is 1. The molecule has 0 fully saturated rings. The molecule has 25 heavy (non-hydrogen) atoms. The molecule has 0 bridgehead atoms. The lowest BCUT2D eigenvalue weighted by Crippen LogP contribution is -2.30. The average Bonchev–Trinajstić information content (AvgIpc) is 2.55. The first-order valence-corrected chi connectivity index (χ1v) is 8.12. The monoisotopic (exact) mass is 340 g/mol. The summed E-state index contributed by atoms with van der Waals surface area (Å²) in [5.74, 6) is 0.715. The van der Waals surface area contributed by atoms with Crippen LogP contribution in [0.2, 0.25) is 0 Å². The van der Waals surface area contributed by atoms with Crippen LogP contribution >= 0.6 is 0 Å². The molecule has 5 heteroatoms. The number of ketones is 1. The molecule has 0 atom stereocenters. The van der Waals surface area contributed by atoms with E-state index in [2.05, 4.69) is 11.4 Å². The number of aryl methyl sites for hydroxylation is 1. The first-order chi connectivity index (χ1) is 11.9. The van der Waals surface area contributed by atoms with Gasteiger partial charge in [0.15, 0.2) is 5.78 Å². The fraction of sp³-hybridized carbons (Fsp3) is 0.300. The summed E-state index contributed by atoms with van der Waals surface area (Å²) >= 11 is 0. The molecule has 1 amide bonds. The van der Waals surface area contributed by atoms with Crippen molar-refractivity contribution in [3.63, 3.8) is 0 Å². The van der Waals surface area contributed by atoms with Gasteiger partial charge < -0.3 is 10.1 Å². The maximum atomic E-state index is 12.2. The summed E-state index contributed by atoms with van der Waals surface area (Å²) < 4.78 is 5.38. The van der Waals surface area contributed by atoms with Gasteiger partial charge in [0.2, 0.25) is 5.91 Å². The molecule has 0 saturated carbocycles. The summed E-state index contributed by atoms with van der Waals surface area (Å²) in [5, 5.41) is 2.84. The van der Waals surface area contributed by atoms with Crippen LogP contribution in [0.1, 0.15) is 28.4 Å². The summed E-state index contributed by atoms with van der Waals surface area (Å²) in [6.07, 6.45) is 0. The SMILES string of the molecule is COc1ccc(C)cc1CN(C)CC(=O)Nc1ccc(C(C)=O)cc1. The van der Waals surface area contributed by atoms with Gasteiger partial charge in [-0.1, -0.05) is 17.7 Å². The summed E-state index contributed by atoms with van der Waals surface area (Å²) in [5.41, 5.74) is 3.50. The Labute approximate surface area is 148 Å². The highest BCUT2D eigenvalue weighted by Gasteiger charge is 2.11. The number of likely N-dealkylation sites (N-methyl/N-ethyl adjacent to an activating group) is 1. The van der Waals surface area contributed by atoms with Crippen LogP contribution in [-0.4, -0.2) is 37.3 Å². The molecule has 0 heterocycles. The van der Waals surface area contributed by atoms with Crippen LogP contribution in [0.5, 0.6) is 5.75 Å². The van der Waals surface area contributed by atoms with Gasteiger partial charge in [0.1, 0.15) is 5.75 Å². The summed E-state index contributed by atoms with van der Waals surface area (Å²) in [6, 6.07) is 12.9. The number of carbonyl (C=O) groups excluding carboxylic acids is 2. The molecule has 0 aliphatic rings. The molecule has 0 spiro atoms. The second-order valence-electron chi connectivity index (χ2n) is 6.17. The number of nitrogens with one attached hydrogen (secondary N) is 1. The minimum absolute atomic E-state index is 0.00436. The fourth-order valence-electron chi connectivity index (χ4n) is 2.61. The third-order valence-electron chi connectivity index (χ3n) is 3.86. The van der Waals surface area contributed by atoms with E-state index in [-0.39, 0.29) is 18.2 Å². The number of hydrogen-bond acceptors (Lipinski definition) is 4. The molecular weight excluding hydrogens is 316 g/mol. The summed E-state index contributed by atoms with van der Waals surface area (Å²) in [6.45, 7) is 4.41. The number of amides is 1. The lowest BCUT2D eigenvalue weighted by molar-refractivity contribution is -0.117. The van der Waals surface area contributed by atoms with Crippen molar-refractivity contribution in [1.82, 2.24) is 4.90 Å². The second-order valence-corrected chi connectivity index (χ2v) is 6.17. The van der Waals surface area contributed by atoms with Crippen LogP contribution in [0.3, 0.4) is 0 Å². The molecule has 132 valence electrons. The maximum Gasteiger partial charge on any atom is 0.238 e. The van der Waals surface area contributed by atoms with Crippen molar-refractivity contribution in [1.29, 1.82) is 0 Å². The van der Waals surface area contributed by atoms with Crippen molar-refractivity contribution < 1.29 is 14.3 Å². The van der Waals surface area contributed by atoms with Crippen molar-refractivity contribution in [2.45, 2.75) is 20.4 Å². The van der Waals surface area contributed by atoms with Gasteiger partial charge in [-0.25, -0.2) is 0 Å². The molecule has 2 aromatic carbocycles.